The molecule has 0 fully saturated rings. The summed E-state index contributed by atoms with van der Waals surface area (Å²) in [6.45, 7) is 0. The van der Waals surface area contributed by atoms with Gasteiger partial charge in [0.25, 0.3) is 5.91 Å². The molecule has 0 aliphatic heterocycles. The topological polar surface area (TPSA) is 49.4 Å². The minimum atomic E-state index is -0.134. The van der Waals surface area contributed by atoms with Crippen molar-refractivity contribution in [2.45, 2.75) is 12.8 Å². The summed E-state index contributed by atoms with van der Waals surface area (Å²) in [6.07, 6.45) is 1.06. The molecule has 116 valence electrons. The summed E-state index contributed by atoms with van der Waals surface area (Å²) >= 11 is 7.70. The molecule has 1 N–H and O–H groups in total. The van der Waals surface area contributed by atoms with Crippen molar-refractivity contribution in [3.05, 3.63) is 51.2 Å². The van der Waals surface area contributed by atoms with Crippen LogP contribution in [0, 0.1) is 0 Å². The minimum Gasteiger partial charge on any atom is -0.345 e. The van der Waals surface area contributed by atoms with Crippen molar-refractivity contribution in [3.63, 3.8) is 0 Å². The van der Waals surface area contributed by atoms with E-state index in [1.807, 2.05) is 16.8 Å². The predicted molar refractivity (Wildman–Crippen MR) is 90.7 cm³/mol. The largest absolute Gasteiger partial charge is 0.345 e. The first-order valence-electron chi connectivity index (χ1n) is 6.79. The van der Waals surface area contributed by atoms with Gasteiger partial charge in [-0.25, -0.2) is 0 Å². The maximum absolute atomic E-state index is 12.0. The Bertz CT molecular complexity index is 669. The highest BCUT2D eigenvalue weighted by Gasteiger charge is 2.12. The number of anilines is 1. The SMILES string of the molecule is CN(C)C(=O)c1ccc(Cl)c(NC(=O)CCc2ccsc2)c1. The van der Waals surface area contributed by atoms with Crippen LogP contribution >= 0.6 is 22.9 Å². The Morgan fingerprint density at radius 3 is 2.68 bits per heavy atom. The van der Waals surface area contributed by atoms with Gasteiger partial charge in [0.15, 0.2) is 0 Å². The Balaban J connectivity index is 2.03. The van der Waals surface area contributed by atoms with Crippen LogP contribution in [0.3, 0.4) is 0 Å². The third kappa shape index (κ3) is 4.32. The summed E-state index contributed by atoms with van der Waals surface area (Å²) in [5.74, 6) is -0.256. The number of amides is 2. The van der Waals surface area contributed by atoms with Crippen molar-refractivity contribution >= 4 is 40.4 Å². The molecule has 0 saturated heterocycles. The lowest BCUT2D eigenvalue weighted by molar-refractivity contribution is -0.116. The van der Waals surface area contributed by atoms with Gasteiger partial charge in [-0.15, -0.1) is 0 Å². The van der Waals surface area contributed by atoms with E-state index in [1.54, 1.807) is 43.6 Å². The maximum atomic E-state index is 12.0. The average molecular weight is 337 g/mol. The summed E-state index contributed by atoms with van der Waals surface area (Å²) < 4.78 is 0. The van der Waals surface area contributed by atoms with Gasteiger partial charge in [0, 0.05) is 26.1 Å². The van der Waals surface area contributed by atoms with Crippen LogP contribution in [0.25, 0.3) is 0 Å². The minimum absolute atomic E-state index is 0.123. The van der Waals surface area contributed by atoms with E-state index in [0.717, 1.165) is 5.56 Å². The summed E-state index contributed by atoms with van der Waals surface area (Å²) in [6, 6.07) is 6.87. The average Bonchev–Trinajstić information content (AvgIpc) is 3.00. The van der Waals surface area contributed by atoms with E-state index in [2.05, 4.69) is 5.32 Å². The van der Waals surface area contributed by atoms with Gasteiger partial charge in [-0.2, -0.15) is 11.3 Å². The Morgan fingerprint density at radius 2 is 2.05 bits per heavy atom. The Kier molecular flexibility index (Phi) is 5.57. The summed E-state index contributed by atoms with van der Waals surface area (Å²) in [5, 5.41) is 7.20. The highest BCUT2D eigenvalue weighted by atomic mass is 35.5. The van der Waals surface area contributed by atoms with Crippen LogP contribution in [-0.2, 0) is 11.2 Å². The van der Waals surface area contributed by atoms with E-state index >= 15 is 0 Å². The molecular formula is C16H17ClN2O2S. The summed E-state index contributed by atoms with van der Waals surface area (Å²) in [5.41, 5.74) is 2.09. The van der Waals surface area contributed by atoms with Crippen molar-refractivity contribution in [3.8, 4) is 0 Å². The number of thiophene rings is 1. The lowest BCUT2D eigenvalue weighted by Gasteiger charge is -2.13. The molecule has 0 radical (unpaired) electrons. The molecule has 0 aliphatic carbocycles. The van der Waals surface area contributed by atoms with Crippen LogP contribution in [0.4, 0.5) is 5.69 Å². The third-order valence-electron chi connectivity index (χ3n) is 3.11. The molecule has 1 aromatic heterocycles. The number of hydrogen-bond donors (Lipinski definition) is 1. The molecule has 2 amide bonds. The van der Waals surface area contributed by atoms with Crippen molar-refractivity contribution in [2.24, 2.45) is 0 Å². The fourth-order valence-electron chi connectivity index (χ4n) is 1.92. The van der Waals surface area contributed by atoms with Crippen LogP contribution in [-0.4, -0.2) is 30.8 Å². The molecule has 0 bridgehead atoms. The van der Waals surface area contributed by atoms with Crippen molar-refractivity contribution in [1.82, 2.24) is 4.90 Å². The van der Waals surface area contributed by atoms with Crippen LogP contribution in [0.1, 0.15) is 22.3 Å². The van der Waals surface area contributed by atoms with Gasteiger partial charge in [0.1, 0.15) is 0 Å². The van der Waals surface area contributed by atoms with Crippen LogP contribution in [0.2, 0.25) is 5.02 Å². The predicted octanol–water partition coefficient (Wildman–Crippen LogP) is 3.67. The third-order valence-corrected chi connectivity index (χ3v) is 4.18. The zero-order chi connectivity index (χ0) is 16.1. The molecule has 22 heavy (non-hydrogen) atoms. The second kappa shape index (κ2) is 7.42. The summed E-state index contributed by atoms with van der Waals surface area (Å²) in [7, 11) is 3.35. The number of nitrogens with zero attached hydrogens (tertiary/aromatic N) is 1. The zero-order valence-electron chi connectivity index (χ0n) is 12.4. The van der Waals surface area contributed by atoms with Crippen molar-refractivity contribution in [1.29, 1.82) is 0 Å². The first-order valence-corrected chi connectivity index (χ1v) is 8.11. The standard InChI is InChI=1S/C16H17ClN2O2S/c1-19(2)16(21)12-4-5-13(17)14(9-12)18-15(20)6-3-11-7-8-22-10-11/h4-5,7-10H,3,6H2,1-2H3,(H,18,20). The first kappa shape index (κ1) is 16.5. The van der Waals surface area contributed by atoms with Crippen molar-refractivity contribution < 1.29 is 9.59 Å². The highest BCUT2D eigenvalue weighted by Crippen LogP contribution is 2.24. The molecule has 6 heteroatoms. The number of rotatable bonds is 5. The first-order chi connectivity index (χ1) is 10.5. The fourth-order valence-corrected chi connectivity index (χ4v) is 2.79. The number of benzene rings is 1. The smallest absolute Gasteiger partial charge is 0.253 e. The lowest BCUT2D eigenvalue weighted by atomic mass is 10.1. The molecule has 0 atom stereocenters. The zero-order valence-corrected chi connectivity index (χ0v) is 14.0. The highest BCUT2D eigenvalue weighted by molar-refractivity contribution is 7.07. The quantitative estimate of drug-likeness (QED) is 0.905. The monoisotopic (exact) mass is 336 g/mol. The van der Waals surface area contributed by atoms with Crippen LogP contribution < -0.4 is 5.32 Å². The number of halogens is 1. The van der Waals surface area contributed by atoms with E-state index < -0.39 is 0 Å². The van der Waals surface area contributed by atoms with Gasteiger partial charge < -0.3 is 10.2 Å². The fraction of sp³-hybridized carbons (Fsp3) is 0.250. The van der Waals surface area contributed by atoms with Gasteiger partial charge >= 0.3 is 0 Å². The maximum Gasteiger partial charge on any atom is 0.253 e. The molecule has 0 spiro atoms. The molecule has 4 nitrogen and oxygen atoms in total. The molecule has 0 aliphatic rings. The van der Waals surface area contributed by atoms with Gasteiger partial charge in [-0.05, 0) is 47.0 Å². The van der Waals surface area contributed by atoms with E-state index in [9.17, 15) is 9.59 Å². The molecule has 2 aromatic rings. The van der Waals surface area contributed by atoms with Gasteiger partial charge in [0.2, 0.25) is 5.91 Å². The molecule has 2 rings (SSSR count). The Morgan fingerprint density at radius 1 is 1.27 bits per heavy atom. The molecule has 0 saturated carbocycles. The second-order valence-corrected chi connectivity index (χ2v) is 6.26. The summed E-state index contributed by atoms with van der Waals surface area (Å²) in [4.78, 5) is 25.4. The number of hydrogen-bond acceptors (Lipinski definition) is 3. The van der Waals surface area contributed by atoms with E-state index in [0.29, 0.717) is 29.1 Å². The molecular weight excluding hydrogens is 320 g/mol. The molecule has 0 unspecified atom stereocenters. The number of carbonyl (C=O) groups excluding carboxylic acids is 2. The normalized spacial score (nSPS) is 10.3. The lowest BCUT2D eigenvalue weighted by Crippen LogP contribution is -2.22. The van der Waals surface area contributed by atoms with E-state index in [-0.39, 0.29) is 11.8 Å². The van der Waals surface area contributed by atoms with E-state index in [1.165, 1.54) is 4.90 Å². The van der Waals surface area contributed by atoms with Gasteiger partial charge in [-0.3, -0.25) is 9.59 Å². The second-order valence-electron chi connectivity index (χ2n) is 5.07. The van der Waals surface area contributed by atoms with E-state index in [4.69, 9.17) is 11.6 Å². The Labute approximate surface area is 138 Å². The van der Waals surface area contributed by atoms with Crippen molar-refractivity contribution in [2.75, 3.05) is 19.4 Å². The number of carbonyl (C=O) groups is 2. The molecule has 1 heterocycles. The van der Waals surface area contributed by atoms with Crippen LogP contribution in [0.5, 0.6) is 0 Å². The van der Waals surface area contributed by atoms with Gasteiger partial charge in [-0.1, -0.05) is 11.6 Å². The Hall–Kier alpha value is -1.85. The number of aryl methyl sites for hydroxylation is 1. The van der Waals surface area contributed by atoms with Crippen LogP contribution in [0.15, 0.2) is 35.0 Å². The van der Waals surface area contributed by atoms with Gasteiger partial charge in [0.05, 0.1) is 10.7 Å². The number of nitrogens with one attached hydrogen (secondary N) is 1. The molecule has 1 aromatic carbocycles.